The molecule has 1 atom stereocenters. The summed E-state index contributed by atoms with van der Waals surface area (Å²) in [7, 11) is 0. The van der Waals surface area contributed by atoms with E-state index in [1.54, 1.807) is 0 Å². The molecule has 0 saturated heterocycles. The Balaban J connectivity index is 2.05. The number of aromatic nitrogens is 1. The fraction of sp³-hybridized carbons (Fsp3) is 0.467. The quantitative estimate of drug-likeness (QED) is 0.775. The number of rotatable bonds is 1. The average Bonchev–Trinajstić information content (AvgIpc) is 2.76. The van der Waals surface area contributed by atoms with Crippen LogP contribution in [0.5, 0.6) is 0 Å². The van der Waals surface area contributed by atoms with Gasteiger partial charge in [-0.05, 0) is 48.8 Å². The molecule has 2 heterocycles. The molecule has 92 valence electrons. The van der Waals surface area contributed by atoms with Gasteiger partial charge in [0.05, 0.1) is 0 Å². The molecule has 3 rings (SSSR count). The minimum Gasteiger partial charge on any atom is -0.242 e. The number of fused-ring (bicyclic) bond motifs is 2. The Morgan fingerprint density at radius 3 is 3.00 bits per heavy atom. The SMILES string of the molecule is CC(C)C1CCc2nc3sc(C#N)cc3cc2C1. The lowest BCUT2D eigenvalue weighted by Gasteiger charge is -2.26. The molecule has 2 aromatic rings. The highest BCUT2D eigenvalue weighted by molar-refractivity contribution is 7.19. The largest absolute Gasteiger partial charge is 0.242 e. The zero-order chi connectivity index (χ0) is 12.7. The molecule has 0 N–H and O–H groups in total. The van der Waals surface area contributed by atoms with E-state index < -0.39 is 0 Å². The molecule has 0 spiro atoms. The standard InChI is InChI=1S/C15H16N2S/c1-9(2)10-3-4-14-11(5-10)6-12-7-13(8-16)18-15(12)17-14/h6-7,9-10H,3-5H2,1-2H3. The predicted octanol–water partition coefficient (Wildman–Crippen LogP) is 3.93. The van der Waals surface area contributed by atoms with Crippen LogP contribution in [0, 0.1) is 23.2 Å². The molecule has 1 aliphatic carbocycles. The summed E-state index contributed by atoms with van der Waals surface area (Å²) in [4.78, 5) is 6.53. The maximum atomic E-state index is 8.95. The van der Waals surface area contributed by atoms with Gasteiger partial charge in [-0.1, -0.05) is 13.8 Å². The van der Waals surface area contributed by atoms with Gasteiger partial charge in [-0.3, -0.25) is 0 Å². The lowest BCUT2D eigenvalue weighted by atomic mass is 9.80. The Labute approximate surface area is 111 Å². The summed E-state index contributed by atoms with van der Waals surface area (Å²) in [6, 6.07) is 6.43. The summed E-state index contributed by atoms with van der Waals surface area (Å²) in [5, 5.41) is 10.1. The first-order chi connectivity index (χ1) is 8.67. The van der Waals surface area contributed by atoms with E-state index in [0.29, 0.717) is 0 Å². The summed E-state index contributed by atoms with van der Waals surface area (Å²) >= 11 is 1.50. The monoisotopic (exact) mass is 256 g/mol. The van der Waals surface area contributed by atoms with E-state index in [4.69, 9.17) is 10.2 Å². The molecule has 1 unspecified atom stereocenters. The molecule has 0 aromatic carbocycles. The summed E-state index contributed by atoms with van der Waals surface area (Å²) < 4.78 is 0. The maximum Gasteiger partial charge on any atom is 0.124 e. The van der Waals surface area contributed by atoms with Crippen LogP contribution in [0.4, 0.5) is 0 Å². The van der Waals surface area contributed by atoms with Crippen molar-refractivity contribution in [3.05, 3.63) is 28.3 Å². The highest BCUT2D eigenvalue weighted by Crippen LogP contribution is 2.33. The van der Waals surface area contributed by atoms with Gasteiger partial charge in [0.2, 0.25) is 0 Å². The first kappa shape index (κ1) is 11.7. The number of thiophene rings is 1. The lowest BCUT2D eigenvalue weighted by Crippen LogP contribution is -2.19. The van der Waals surface area contributed by atoms with Crippen molar-refractivity contribution in [1.29, 1.82) is 5.26 Å². The lowest BCUT2D eigenvalue weighted by molar-refractivity contribution is 0.341. The van der Waals surface area contributed by atoms with Crippen LogP contribution >= 0.6 is 11.3 Å². The van der Waals surface area contributed by atoms with Gasteiger partial charge < -0.3 is 0 Å². The van der Waals surface area contributed by atoms with E-state index in [1.807, 2.05) is 6.07 Å². The van der Waals surface area contributed by atoms with E-state index >= 15 is 0 Å². The Morgan fingerprint density at radius 2 is 2.28 bits per heavy atom. The van der Waals surface area contributed by atoms with Gasteiger partial charge in [0.1, 0.15) is 15.8 Å². The average molecular weight is 256 g/mol. The second kappa shape index (κ2) is 4.37. The Hall–Kier alpha value is -1.40. The van der Waals surface area contributed by atoms with Gasteiger partial charge in [0, 0.05) is 11.1 Å². The first-order valence-electron chi connectivity index (χ1n) is 6.50. The topological polar surface area (TPSA) is 36.7 Å². The predicted molar refractivity (Wildman–Crippen MR) is 74.7 cm³/mol. The van der Waals surface area contributed by atoms with Crippen LogP contribution in [-0.4, -0.2) is 4.98 Å². The molecule has 0 amide bonds. The number of nitrogens with zero attached hydrogens (tertiary/aromatic N) is 2. The number of hydrogen-bond acceptors (Lipinski definition) is 3. The van der Waals surface area contributed by atoms with Crippen molar-refractivity contribution in [3.8, 4) is 6.07 Å². The normalized spacial score (nSPS) is 18.9. The van der Waals surface area contributed by atoms with E-state index in [-0.39, 0.29) is 0 Å². The number of aryl methyl sites for hydroxylation is 1. The van der Waals surface area contributed by atoms with E-state index in [9.17, 15) is 0 Å². The summed E-state index contributed by atoms with van der Waals surface area (Å²) in [6.45, 7) is 4.61. The van der Waals surface area contributed by atoms with Gasteiger partial charge in [-0.15, -0.1) is 11.3 Å². The Kier molecular flexibility index (Phi) is 2.83. The van der Waals surface area contributed by atoms with Gasteiger partial charge >= 0.3 is 0 Å². The van der Waals surface area contributed by atoms with E-state index in [1.165, 1.54) is 29.0 Å². The van der Waals surface area contributed by atoms with Crippen LogP contribution in [0.2, 0.25) is 0 Å². The second-order valence-corrected chi connectivity index (χ2v) is 6.49. The van der Waals surface area contributed by atoms with Crippen LogP contribution in [0.25, 0.3) is 10.2 Å². The van der Waals surface area contributed by atoms with Crippen LogP contribution in [0.3, 0.4) is 0 Å². The van der Waals surface area contributed by atoms with E-state index in [0.717, 1.165) is 39.8 Å². The molecule has 18 heavy (non-hydrogen) atoms. The maximum absolute atomic E-state index is 8.95. The third-order valence-electron chi connectivity index (χ3n) is 3.96. The third kappa shape index (κ3) is 1.91. The van der Waals surface area contributed by atoms with Crippen LogP contribution in [-0.2, 0) is 12.8 Å². The number of nitriles is 1. The molecule has 0 fully saturated rings. The summed E-state index contributed by atoms with van der Waals surface area (Å²) in [5.74, 6) is 1.52. The molecule has 0 radical (unpaired) electrons. The van der Waals surface area contributed by atoms with Crippen LogP contribution in [0.15, 0.2) is 12.1 Å². The molecular formula is C15H16N2S. The third-order valence-corrected chi connectivity index (χ3v) is 4.91. The van der Waals surface area contributed by atoms with Gasteiger partial charge in [0.15, 0.2) is 0 Å². The van der Waals surface area contributed by atoms with Crippen molar-refractivity contribution in [3.63, 3.8) is 0 Å². The molecule has 2 nitrogen and oxygen atoms in total. The molecule has 0 bridgehead atoms. The minimum absolute atomic E-state index is 0.742. The molecule has 0 aliphatic heterocycles. The van der Waals surface area contributed by atoms with Gasteiger partial charge in [-0.2, -0.15) is 5.26 Å². The fourth-order valence-corrected chi connectivity index (χ4v) is 3.61. The van der Waals surface area contributed by atoms with Gasteiger partial charge in [-0.25, -0.2) is 4.98 Å². The second-order valence-electron chi connectivity index (χ2n) is 5.46. The molecule has 0 saturated carbocycles. The zero-order valence-electron chi connectivity index (χ0n) is 10.7. The molecule has 2 aromatic heterocycles. The van der Waals surface area contributed by atoms with E-state index in [2.05, 4.69) is 26.0 Å². The molecule has 1 aliphatic rings. The van der Waals surface area contributed by atoms with Crippen LogP contribution in [0.1, 0.15) is 36.4 Å². The van der Waals surface area contributed by atoms with Crippen molar-refractivity contribution >= 4 is 21.6 Å². The Bertz CT molecular complexity index is 634. The molecule has 3 heteroatoms. The Morgan fingerprint density at radius 1 is 1.44 bits per heavy atom. The zero-order valence-corrected chi connectivity index (χ0v) is 11.5. The molecular weight excluding hydrogens is 240 g/mol. The highest BCUT2D eigenvalue weighted by atomic mass is 32.1. The minimum atomic E-state index is 0.742. The summed E-state index contributed by atoms with van der Waals surface area (Å²) in [6.07, 6.45) is 3.49. The first-order valence-corrected chi connectivity index (χ1v) is 7.31. The highest BCUT2D eigenvalue weighted by Gasteiger charge is 2.22. The van der Waals surface area contributed by atoms with Crippen molar-refractivity contribution in [2.24, 2.45) is 11.8 Å². The van der Waals surface area contributed by atoms with Crippen molar-refractivity contribution in [2.45, 2.75) is 33.1 Å². The van der Waals surface area contributed by atoms with Gasteiger partial charge in [0.25, 0.3) is 0 Å². The number of pyridine rings is 1. The fourth-order valence-electron chi connectivity index (χ4n) is 2.78. The summed E-state index contributed by atoms with van der Waals surface area (Å²) in [5.41, 5.74) is 2.65. The smallest absolute Gasteiger partial charge is 0.124 e. The number of hydrogen-bond donors (Lipinski definition) is 0. The van der Waals surface area contributed by atoms with Crippen molar-refractivity contribution < 1.29 is 0 Å². The van der Waals surface area contributed by atoms with Crippen LogP contribution < -0.4 is 0 Å². The van der Waals surface area contributed by atoms with Crippen molar-refractivity contribution in [1.82, 2.24) is 4.98 Å². The van der Waals surface area contributed by atoms with Crippen molar-refractivity contribution in [2.75, 3.05) is 0 Å².